The van der Waals surface area contributed by atoms with Crippen molar-refractivity contribution in [3.05, 3.63) is 76.2 Å². The second kappa shape index (κ2) is 11.0. The van der Waals surface area contributed by atoms with Crippen LogP contribution >= 0.6 is 11.6 Å². The Morgan fingerprint density at radius 1 is 1.24 bits per heavy atom. The summed E-state index contributed by atoms with van der Waals surface area (Å²) in [5.41, 5.74) is 2.80. The number of nitrogens with zero attached hydrogens (tertiary/aromatic N) is 4. The average Bonchev–Trinajstić information content (AvgIpc) is 3.28. The Bertz CT molecular complexity index is 1120. The van der Waals surface area contributed by atoms with Crippen LogP contribution in [0.5, 0.6) is 0 Å². The number of amides is 1. The van der Waals surface area contributed by atoms with E-state index in [1.54, 1.807) is 6.07 Å². The van der Waals surface area contributed by atoms with E-state index in [4.69, 9.17) is 16.0 Å². The van der Waals surface area contributed by atoms with Crippen LogP contribution in [0.3, 0.4) is 0 Å². The molecule has 1 N–H and O–H groups in total. The Morgan fingerprint density at radius 3 is 2.82 bits per heavy atom. The van der Waals surface area contributed by atoms with E-state index in [0.717, 1.165) is 32.6 Å². The van der Waals surface area contributed by atoms with Crippen molar-refractivity contribution in [3.8, 4) is 0 Å². The summed E-state index contributed by atoms with van der Waals surface area (Å²) >= 11 is 6.04. The molecule has 1 atom stereocenters. The van der Waals surface area contributed by atoms with Gasteiger partial charge in [0, 0.05) is 48.5 Å². The molecule has 0 bridgehead atoms. The number of rotatable bonds is 8. The standard InChI is InChI=1S/C25H29ClFN5O2/c1-17-6-3-7-19(14-17)32-13-12-31(16-18(32)2)11-5-10-28-24(33)25-30-29-23(34-25)15-20-21(26)8-4-9-22(20)27/h3-4,6-9,14,18H,5,10-13,15-16H2,1-2H3,(H,28,33)/t18-/m0/s1. The van der Waals surface area contributed by atoms with Gasteiger partial charge in [0.1, 0.15) is 5.82 Å². The zero-order valence-electron chi connectivity index (χ0n) is 19.4. The minimum Gasteiger partial charge on any atom is -0.417 e. The maximum absolute atomic E-state index is 13.9. The molecule has 1 saturated heterocycles. The predicted molar refractivity (Wildman–Crippen MR) is 130 cm³/mol. The van der Waals surface area contributed by atoms with Crippen molar-refractivity contribution in [2.24, 2.45) is 0 Å². The van der Waals surface area contributed by atoms with E-state index in [0.29, 0.717) is 12.6 Å². The number of aromatic nitrogens is 2. The van der Waals surface area contributed by atoms with Gasteiger partial charge in [-0.15, -0.1) is 10.2 Å². The smallest absolute Gasteiger partial charge is 0.308 e. The zero-order chi connectivity index (χ0) is 24.1. The summed E-state index contributed by atoms with van der Waals surface area (Å²) in [6.07, 6.45) is 0.841. The van der Waals surface area contributed by atoms with E-state index < -0.39 is 11.7 Å². The number of halogens is 2. The number of carbonyl (C=O) groups is 1. The lowest BCUT2D eigenvalue weighted by molar-refractivity contribution is 0.0914. The van der Waals surface area contributed by atoms with Gasteiger partial charge in [-0.25, -0.2) is 4.39 Å². The number of hydrogen-bond acceptors (Lipinski definition) is 6. The molecule has 0 saturated carbocycles. The predicted octanol–water partition coefficient (Wildman–Crippen LogP) is 4.09. The van der Waals surface area contributed by atoms with E-state index in [9.17, 15) is 9.18 Å². The lowest BCUT2D eigenvalue weighted by atomic mass is 10.1. The van der Waals surface area contributed by atoms with E-state index >= 15 is 0 Å². The molecule has 34 heavy (non-hydrogen) atoms. The molecule has 3 aromatic rings. The summed E-state index contributed by atoms with van der Waals surface area (Å²) in [5, 5.41) is 10.7. The zero-order valence-corrected chi connectivity index (χ0v) is 20.2. The quantitative estimate of drug-likeness (QED) is 0.484. The molecule has 1 aliphatic rings. The van der Waals surface area contributed by atoms with Gasteiger partial charge in [-0.05, 0) is 56.6 Å². The Balaban J connectivity index is 1.20. The van der Waals surface area contributed by atoms with Crippen LogP contribution in [0.4, 0.5) is 10.1 Å². The Kier molecular flexibility index (Phi) is 7.80. The monoisotopic (exact) mass is 485 g/mol. The third-order valence-corrected chi connectivity index (χ3v) is 6.39. The summed E-state index contributed by atoms with van der Waals surface area (Å²) in [7, 11) is 0. The minimum absolute atomic E-state index is 0.0263. The SMILES string of the molecule is Cc1cccc(N2CCN(CCCNC(=O)c3nnc(Cc4c(F)cccc4Cl)o3)C[C@@H]2C)c1. The van der Waals surface area contributed by atoms with Crippen LogP contribution in [0.1, 0.15) is 41.0 Å². The van der Waals surface area contributed by atoms with Crippen LogP contribution < -0.4 is 10.2 Å². The van der Waals surface area contributed by atoms with Crippen LogP contribution in [-0.2, 0) is 6.42 Å². The molecule has 0 radical (unpaired) electrons. The fraction of sp³-hybridized carbons (Fsp3) is 0.400. The van der Waals surface area contributed by atoms with Gasteiger partial charge < -0.3 is 14.6 Å². The third-order valence-electron chi connectivity index (χ3n) is 6.03. The molecule has 4 rings (SSSR count). The Morgan fingerprint density at radius 2 is 2.06 bits per heavy atom. The first-order valence-corrected chi connectivity index (χ1v) is 11.9. The number of aryl methyl sites for hydroxylation is 1. The van der Waals surface area contributed by atoms with Gasteiger partial charge in [0.15, 0.2) is 0 Å². The van der Waals surface area contributed by atoms with Crippen LogP contribution in [-0.4, -0.2) is 59.8 Å². The van der Waals surface area contributed by atoms with E-state index in [2.05, 4.69) is 63.4 Å². The second-order valence-electron chi connectivity index (χ2n) is 8.67. The molecule has 2 heterocycles. The molecular weight excluding hydrogens is 457 g/mol. The number of anilines is 1. The van der Waals surface area contributed by atoms with E-state index in [-0.39, 0.29) is 28.8 Å². The van der Waals surface area contributed by atoms with Crippen LogP contribution in [0.15, 0.2) is 46.9 Å². The van der Waals surface area contributed by atoms with Crippen LogP contribution in [0.2, 0.25) is 5.02 Å². The lowest BCUT2D eigenvalue weighted by Crippen LogP contribution is -2.52. The molecule has 2 aromatic carbocycles. The van der Waals surface area contributed by atoms with Crippen molar-refractivity contribution < 1.29 is 13.6 Å². The molecule has 7 nitrogen and oxygen atoms in total. The number of hydrogen-bond donors (Lipinski definition) is 1. The minimum atomic E-state index is -0.453. The Hall–Kier alpha value is -2.97. The van der Waals surface area contributed by atoms with Crippen molar-refractivity contribution in [3.63, 3.8) is 0 Å². The maximum atomic E-state index is 13.9. The highest BCUT2D eigenvalue weighted by atomic mass is 35.5. The van der Waals surface area contributed by atoms with Crippen molar-refractivity contribution in [1.29, 1.82) is 0 Å². The first kappa shape index (κ1) is 24.2. The molecule has 1 aliphatic heterocycles. The summed E-state index contributed by atoms with van der Waals surface area (Å²) in [5.74, 6) is -0.887. The molecule has 9 heteroatoms. The topological polar surface area (TPSA) is 74.5 Å². The lowest BCUT2D eigenvalue weighted by Gasteiger charge is -2.41. The molecule has 0 unspecified atom stereocenters. The van der Waals surface area contributed by atoms with Gasteiger partial charge in [0.05, 0.1) is 6.42 Å². The van der Waals surface area contributed by atoms with Gasteiger partial charge in [0.2, 0.25) is 5.89 Å². The maximum Gasteiger partial charge on any atom is 0.308 e. The van der Waals surface area contributed by atoms with Gasteiger partial charge in [0.25, 0.3) is 0 Å². The van der Waals surface area contributed by atoms with Crippen molar-refractivity contribution in [2.45, 2.75) is 32.7 Å². The molecule has 180 valence electrons. The summed E-state index contributed by atoms with van der Waals surface area (Å²) < 4.78 is 19.4. The van der Waals surface area contributed by atoms with Crippen LogP contribution in [0, 0.1) is 12.7 Å². The number of benzene rings is 2. The molecule has 0 aliphatic carbocycles. The first-order valence-electron chi connectivity index (χ1n) is 11.5. The largest absolute Gasteiger partial charge is 0.417 e. The molecule has 1 fully saturated rings. The normalized spacial score (nSPS) is 16.6. The highest BCUT2D eigenvalue weighted by Crippen LogP contribution is 2.23. The van der Waals surface area contributed by atoms with Gasteiger partial charge >= 0.3 is 11.8 Å². The first-order chi connectivity index (χ1) is 16.4. The average molecular weight is 486 g/mol. The van der Waals surface area contributed by atoms with Gasteiger partial charge in [-0.1, -0.05) is 29.8 Å². The number of piperazine rings is 1. The molecular formula is C25H29ClFN5O2. The molecule has 0 spiro atoms. The fourth-order valence-corrected chi connectivity index (χ4v) is 4.51. The number of nitrogens with one attached hydrogen (secondary N) is 1. The third kappa shape index (κ3) is 5.93. The van der Waals surface area contributed by atoms with Crippen molar-refractivity contribution >= 4 is 23.2 Å². The second-order valence-corrected chi connectivity index (χ2v) is 9.08. The van der Waals surface area contributed by atoms with E-state index in [1.165, 1.54) is 23.4 Å². The van der Waals surface area contributed by atoms with Gasteiger partial charge in [-0.2, -0.15) is 0 Å². The Labute approximate surface area is 203 Å². The fourth-order valence-electron chi connectivity index (χ4n) is 4.28. The van der Waals surface area contributed by atoms with Crippen LogP contribution in [0.25, 0.3) is 0 Å². The van der Waals surface area contributed by atoms with Gasteiger partial charge in [-0.3, -0.25) is 9.69 Å². The summed E-state index contributed by atoms with van der Waals surface area (Å²) in [6.45, 7) is 8.71. The highest BCUT2D eigenvalue weighted by Gasteiger charge is 2.24. The highest BCUT2D eigenvalue weighted by molar-refractivity contribution is 6.31. The summed E-state index contributed by atoms with van der Waals surface area (Å²) in [4.78, 5) is 17.2. The summed E-state index contributed by atoms with van der Waals surface area (Å²) in [6, 6.07) is 13.5. The van der Waals surface area contributed by atoms with E-state index in [1.807, 2.05) is 0 Å². The van der Waals surface area contributed by atoms with Crippen molar-refractivity contribution in [2.75, 3.05) is 37.6 Å². The number of carbonyl (C=O) groups excluding carboxylic acids is 1. The molecule has 1 amide bonds. The molecule has 1 aromatic heterocycles. The van der Waals surface area contributed by atoms with Crippen molar-refractivity contribution in [1.82, 2.24) is 20.4 Å².